The van der Waals surface area contributed by atoms with Crippen LogP contribution in [0.15, 0.2) is 98.8 Å². The summed E-state index contributed by atoms with van der Waals surface area (Å²) < 4.78 is 0. The standard InChI is InChI=1S/C21H17NS/c1-15-7-6-8-16(14-13-15)21-17-9-2-4-11-19(17)23-20-12-5-3-10-18(20)22-21/h2-6,8-14H,7H2,1H3. The van der Waals surface area contributed by atoms with Crippen molar-refractivity contribution in [2.45, 2.75) is 23.1 Å². The third kappa shape index (κ3) is 2.82. The third-order valence-corrected chi connectivity index (χ3v) is 5.16. The number of para-hydroxylation sites is 1. The van der Waals surface area contributed by atoms with Crippen molar-refractivity contribution in [1.82, 2.24) is 0 Å². The van der Waals surface area contributed by atoms with E-state index in [1.165, 1.54) is 26.5 Å². The van der Waals surface area contributed by atoms with Crippen molar-refractivity contribution in [1.29, 1.82) is 0 Å². The van der Waals surface area contributed by atoms with Gasteiger partial charge in [0.05, 0.1) is 11.4 Å². The van der Waals surface area contributed by atoms with Crippen LogP contribution >= 0.6 is 11.8 Å². The smallest absolute Gasteiger partial charge is 0.0793 e. The third-order valence-electron chi connectivity index (χ3n) is 4.02. The molecule has 0 aromatic heterocycles. The van der Waals surface area contributed by atoms with E-state index in [-0.39, 0.29) is 0 Å². The zero-order chi connectivity index (χ0) is 15.6. The Morgan fingerprint density at radius 3 is 2.61 bits per heavy atom. The molecule has 0 saturated heterocycles. The number of fused-ring (bicyclic) bond motifs is 2. The highest BCUT2D eigenvalue weighted by Crippen LogP contribution is 2.41. The number of aliphatic imine (C=N–C) groups is 1. The largest absolute Gasteiger partial charge is 0.247 e. The van der Waals surface area contributed by atoms with Gasteiger partial charge in [0, 0.05) is 20.9 Å². The molecule has 1 nitrogen and oxygen atoms in total. The first kappa shape index (κ1) is 14.3. The van der Waals surface area contributed by atoms with E-state index in [0.717, 1.165) is 17.8 Å². The van der Waals surface area contributed by atoms with Crippen LogP contribution in [0.25, 0.3) is 0 Å². The summed E-state index contributed by atoms with van der Waals surface area (Å²) in [6, 6.07) is 16.9. The molecule has 4 rings (SSSR count). The summed E-state index contributed by atoms with van der Waals surface area (Å²) in [5.41, 5.74) is 5.85. The number of rotatable bonds is 1. The number of hydrogen-bond donors (Lipinski definition) is 0. The molecule has 2 heteroatoms. The molecule has 0 bridgehead atoms. The minimum absolute atomic E-state index is 1.00. The van der Waals surface area contributed by atoms with Crippen molar-refractivity contribution in [3.8, 4) is 0 Å². The minimum Gasteiger partial charge on any atom is -0.247 e. The highest BCUT2D eigenvalue weighted by atomic mass is 32.2. The van der Waals surface area contributed by atoms with E-state index in [0.29, 0.717) is 0 Å². The Morgan fingerprint density at radius 2 is 1.70 bits per heavy atom. The maximum atomic E-state index is 5.02. The van der Waals surface area contributed by atoms with Crippen LogP contribution in [0, 0.1) is 0 Å². The summed E-state index contributed by atoms with van der Waals surface area (Å²) in [5, 5.41) is 0. The molecule has 0 saturated carbocycles. The number of allylic oxidation sites excluding steroid dienone is 6. The molecule has 0 radical (unpaired) electrons. The van der Waals surface area contributed by atoms with E-state index in [1.807, 2.05) is 0 Å². The van der Waals surface area contributed by atoms with Crippen LogP contribution in [0.3, 0.4) is 0 Å². The number of hydrogen-bond acceptors (Lipinski definition) is 2. The molecule has 0 spiro atoms. The van der Waals surface area contributed by atoms with Gasteiger partial charge in [-0.15, -0.1) is 0 Å². The van der Waals surface area contributed by atoms with Crippen molar-refractivity contribution in [2.75, 3.05) is 0 Å². The maximum absolute atomic E-state index is 5.02. The molecule has 112 valence electrons. The SMILES string of the molecule is CC1=CC=C(C2=Nc3ccccc3Sc3ccccc32)C=CC1. The Hall–Kier alpha value is -2.32. The zero-order valence-corrected chi connectivity index (χ0v) is 13.8. The van der Waals surface area contributed by atoms with Gasteiger partial charge in [0.1, 0.15) is 0 Å². The van der Waals surface area contributed by atoms with E-state index >= 15 is 0 Å². The fourth-order valence-corrected chi connectivity index (χ4v) is 3.81. The molecule has 23 heavy (non-hydrogen) atoms. The Kier molecular flexibility index (Phi) is 3.76. The molecule has 0 atom stereocenters. The Labute approximate surface area is 141 Å². The predicted octanol–water partition coefficient (Wildman–Crippen LogP) is 6.10. The Balaban J connectivity index is 1.95. The minimum atomic E-state index is 1.00. The summed E-state index contributed by atoms with van der Waals surface area (Å²) >= 11 is 1.80. The van der Waals surface area contributed by atoms with Gasteiger partial charge in [0.25, 0.3) is 0 Å². The summed E-state index contributed by atoms with van der Waals surface area (Å²) in [6.45, 7) is 2.16. The van der Waals surface area contributed by atoms with Crippen LogP contribution in [0.4, 0.5) is 5.69 Å². The van der Waals surface area contributed by atoms with E-state index < -0.39 is 0 Å². The monoisotopic (exact) mass is 315 g/mol. The Morgan fingerprint density at radius 1 is 0.913 bits per heavy atom. The van der Waals surface area contributed by atoms with E-state index in [4.69, 9.17) is 4.99 Å². The van der Waals surface area contributed by atoms with Crippen molar-refractivity contribution in [2.24, 2.45) is 4.99 Å². The molecular weight excluding hydrogens is 298 g/mol. The first-order valence-corrected chi connectivity index (χ1v) is 8.62. The second-order valence-corrected chi connectivity index (χ2v) is 6.85. The molecular formula is C21H17NS. The Bertz CT molecular complexity index is 884. The fraction of sp³-hybridized carbons (Fsp3) is 0.0952. The van der Waals surface area contributed by atoms with Gasteiger partial charge >= 0.3 is 0 Å². The van der Waals surface area contributed by atoms with E-state index in [1.54, 1.807) is 11.8 Å². The van der Waals surface area contributed by atoms with Crippen LogP contribution < -0.4 is 0 Å². The molecule has 0 N–H and O–H groups in total. The van der Waals surface area contributed by atoms with Gasteiger partial charge in [-0.25, -0.2) is 4.99 Å². The summed E-state index contributed by atoms with van der Waals surface area (Å²) in [7, 11) is 0. The second kappa shape index (κ2) is 6.05. The van der Waals surface area contributed by atoms with Crippen LogP contribution in [-0.4, -0.2) is 5.71 Å². The zero-order valence-electron chi connectivity index (χ0n) is 13.0. The quantitative estimate of drug-likeness (QED) is 0.619. The van der Waals surface area contributed by atoms with Gasteiger partial charge < -0.3 is 0 Å². The van der Waals surface area contributed by atoms with Crippen LogP contribution in [0.1, 0.15) is 18.9 Å². The second-order valence-electron chi connectivity index (χ2n) is 5.77. The molecule has 0 fully saturated rings. The molecule has 2 aromatic rings. The lowest BCUT2D eigenvalue weighted by Crippen LogP contribution is -2.04. The fourth-order valence-electron chi connectivity index (χ4n) is 2.79. The summed E-state index contributed by atoms with van der Waals surface area (Å²) in [6.07, 6.45) is 9.80. The lowest BCUT2D eigenvalue weighted by atomic mass is 10.0. The van der Waals surface area contributed by atoms with Gasteiger partial charge in [0.2, 0.25) is 0 Å². The number of nitrogens with zero attached hydrogens (tertiary/aromatic N) is 1. The molecule has 2 aromatic carbocycles. The first-order chi connectivity index (χ1) is 11.3. The average Bonchev–Trinajstić information content (AvgIpc) is 2.88. The van der Waals surface area contributed by atoms with Gasteiger partial charge in [-0.2, -0.15) is 0 Å². The average molecular weight is 315 g/mol. The number of benzene rings is 2. The van der Waals surface area contributed by atoms with Crippen molar-refractivity contribution < 1.29 is 0 Å². The van der Waals surface area contributed by atoms with Gasteiger partial charge in [-0.3, -0.25) is 0 Å². The van der Waals surface area contributed by atoms with E-state index in [2.05, 4.69) is 79.8 Å². The topological polar surface area (TPSA) is 12.4 Å². The highest BCUT2D eigenvalue weighted by molar-refractivity contribution is 7.99. The summed E-state index contributed by atoms with van der Waals surface area (Å²) in [4.78, 5) is 7.49. The van der Waals surface area contributed by atoms with Gasteiger partial charge in [-0.1, -0.05) is 72.0 Å². The first-order valence-electron chi connectivity index (χ1n) is 7.80. The maximum Gasteiger partial charge on any atom is 0.0793 e. The predicted molar refractivity (Wildman–Crippen MR) is 98.8 cm³/mol. The van der Waals surface area contributed by atoms with Crippen LogP contribution in [0.5, 0.6) is 0 Å². The lowest BCUT2D eigenvalue weighted by molar-refractivity contribution is 1.22. The van der Waals surface area contributed by atoms with Crippen molar-refractivity contribution in [3.63, 3.8) is 0 Å². The molecule has 1 aliphatic heterocycles. The molecule has 0 amide bonds. The van der Waals surface area contributed by atoms with E-state index in [9.17, 15) is 0 Å². The molecule has 1 heterocycles. The van der Waals surface area contributed by atoms with Crippen molar-refractivity contribution >= 4 is 23.2 Å². The molecule has 2 aliphatic rings. The summed E-state index contributed by atoms with van der Waals surface area (Å²) in [5.74, 6) is 0. The van der Waals surface area contributed by atoms with Crippen molar-refractivity contribution in [3.05, 3.63) is 89.5 Å². The highest BCUT2D eigenvalue weighted by Gasteiger charge is 2.18. The van der Waals surface area contributed by atoms with Crippen LogP contribution in [-0.2, 0) is 0 Å². The normalized spacial score (nSPS) is 16.3. The van der Waals surface area contributed by atoms with Gasteiger partial charge in [-0.05, 0) is 31.5 Å². The molecule has 1 aliphatic carbocycles. The van der Waals surface area contributed by atoms with Gasteiger partial charge in [0.15, 0.2) is 0 Å². The lowest BCUT2D eigenvalue weighted by Gasteiger charge is -2.09. The van der Waals surface area contributed by atoms with Crippen LogP contribution in [0.2, 0.25) is 0 Å². The molecule has 0 unspecified atom stereocenters.